The quantitative estimate of drug-likeness (QED) is 0.366. The van der Waals surface area contributed by atoms with E-state index in [0.717, 1.165) is 34.1 Å². The number of carbonyl (C=O) groups excluding carboxylic acids is 3. The molecule has 0 spiro atoms. The zero-order chi connectivity index (χ0) is 24.2. The van der Waals surface area contributed by atoms with Gasteiger partial charge in [-0.15, -0.1) is 0 Å². The largest absolute Gasteiger partial charge is 0.437 e. The van der Waals surface area contributed by atoms with Crippen molar-refractivity contribution in [3.63, 3.8) is 0 Å². The van der Waals surface area contributed by atoms with Crippen molar-refractivity contribution in [3.05, 3.63) is 52.0 Å². The Morgan fingerprint density at radius 1 is 1.21 bits per heavy atom. The number of hydrogen-bond acceptors (Lipinski definition) is 4. The van der Waals surface area contributed by atoms with E-state index >= 15 is 0 Å². The highest BCUT2D eigenvalue weighted by Gasteiger charge is 2.33. The average molecular weight is 613 g/mol. The van der Waals surface area contributed by atoms with Crippen molar-refractivity contribution < 1.29 is 19.1 Å². The minimum Gasteiger partial charge on any atom is -0.437 e. The molecule has 10 heteroatoms. The minimum absolute atomic E-state index is 0.0586. The molecular weight excluding hydrogens is 585 g/mol. The second-order valence-electron chi connectivity index (χ2n) is 8.78. The number of piperidine rings is 1. The molecule has 2 heterocycles. The zero-order valence-corrected chi connectivity index (χ0v) is 23.0. The SMILES string of the molecule is O=C(P)C(CC1=CC(Br)CC(Br)=C1)OC(=O)N1CCC(N2CCc3ccccc3NC2=O)CC1. The number of allylic oxidation sites excluding steroid dienone is 3. The Bertz CT molecular complexity index is 1020. The number of anilines is 1. The van der Waals surface area contributed by atoms with Crippen molar-refractivity contribution >= 4 is 64.4 Å². The van der Waals surface area contributed by atoms with Gasteiger partial charge in [-0.05, 0) is 53.4 Å². The summed E-state index contributed by atoms with van der Waals surface area (Å²) in [6.45, 7) is 1.61. The lowest BCUT2D eigenvalue weighted by atomic mass is 10.0. The molecule has 0 radical (unpaired) electrons. The van der Waals surface area contributed by atoms with E-state index in [1.54, 1.807) is 4.90 Å². The second-order valence-corrected chi connectivity index (χ2v) is 11.5. The first-order valence-corrected chi connectivity index (χ1v) is 13.7. The van der Waals surface area contributed by atoms with Crippen LogP contribution in [0.4, 0.5) is 15.3 Å². The number of ether oxygens (including phenoxy) is 1. The standard InChI is InChI=1S/C24H28Br2N3O4P/c25-17-11-15(12-18(26)14-17)13-21(22(30)34)33-24(32)28-8-6-19(7-9-28)29-10-5-16-3-1-2-4-20(16)27-23(29)31/h1-4,11-12,17,19,21H,5-10,13-14,34H2,(H,27,31). The number of rotatable bonds is 5. The minimum atomic E-state index is -0.856. The number of benzene rings is 1. The summed E-state index contributed by atoms with van der Waals surface area (Å²) in [5, 5.41) is 3.01. The van der Waals surface area contributed by atoms with Gasteiger partial charge in [-0.1, -0.05) is 65.4 Å². The molecule has 1 N–H and O–H groups in total. The maximum Gasteiger partial charge on any atom is 0.410 e. The fraction of sp³-hybridized carbons (Fsp3) is 0.458. The van der Waals surface area contributed by atoms with E-state index < -0.39 is 12.2 Å². The lowest BCUT2D eigenvalue weighted by Crippen LogP contribution is -2.50. The fourth-order valence-corrected chi connectivity index (χ4v) is 6.57. The van der Waals surface area contributed by atoms with Gasteiger partial charge in [-0.3, -0.25) is 4.79 Å². The highest BCUT2D eigenvalue weighted by molar-refractivity contribution is 9.12. The molecule has 3 atom stereocenters. The maximum absolute atomic E-state index is 12.8. The van der Waals surface area contributed by atoms with Gasteiger partial charge < -0.3 is 19.9 Å². The molecule has 0 aromatic heterocycles. The third kappa shape index (κ3) is 6.29. The van der Waals surface area contributed by atoms with E-state index in [9.17, 15) is 14.4 Å². The van der Waals surface area contributed by atoms with Crippen molar-refractivity contribution in [1.29, 1.82) is 0 Å². The number of nitrogens with one attached hydrogen (secondary N) is 1. The van der Waals surface area contributed by atoms with Gasteiger partial charge in [0.05, 0.1) is 0 Å². The fourth-order valence-electron chi connectivity index (χ4n) is 4.62. The Balaban J connectivity index is 1.31. The zero-order valence-electron chi connectivity index (χ0n) is 18.7. The first-order chi connectivity index (χ1) is 16.3. The van der Waals surface area contributed by atoms with Crippen LogP contribution in [-0.4, -0.2) is 64.1 Å². The molecule has 0 saturated carbocycles. The van der Waals surface area contributed by atoms with Crippen LogP contribution in [0, 0.1) is 0 Å². The average Bonchev–Trinajstić information content (AvgIpc) is 2.96. The van der Waals surface area contributed by atoms with Crippen LogP contribution >= 0.6 is 41.1 Å². The van der Waals surface area contributed by atoms with Gasteiger partial charge in [0.15, 0.2) is 11.6 Å². The lowest BCUT2D eigenvalue weighted by Gasteiger charge is -2.37. The number of alkyl halides is 1. The molecule has 4 rings (SSSR count). The number of hydrogen-bond donors (Lipinski definition) is 1. The highest BCUT2D eigenvalue weighted by Crippen LogP contribution is 2.30. The molecule has 182 valence electrons. The summed E-state index contributed by atoms with van der Waals surface area (Å²) in [6, 6.07) is 7.83. The van der Waals surface area contributed by atoms with Gasteiger partial charge in [-0.25, -0.2) is 9.59 Å². The summed E-state index contributed by atoms with van der Waals surface area (Å²) in [6.07, 6.45) is 5.99. The summed E-state index contributed by atoms with van der Waals surface area (Å²) >= 11 is 7.10. The van der Waals surface area contributed by atoms with Crippen LogP contribution in [0.2, 0.25) is 0 Å². The number of likely N-dealkylation sites (tertiary alicyclic amines) is 1. The predicted octanol–water partition coefficient (Wildman–Crippen LogP) is 5.21. The number of fused-ring (bicyclic) bond motifs is 1. The Morgan fingerprint density at radius 2 is 1.94 bits per heavy atom. The first kappa shape index (κ1) is 25.4. The molecule has 3 amide bonds. The van der Waals surface area contributed by atoms with E-state index in [1.165, 1.54) is 0 Å². The normalized spacial score (nSPS) is 22.1. The topological polar surface area (TPSA) is 79.0 Å². The number of para-hydroxylation sites is 1. The van der Waals surface area contributed by atoms with E-state index in [-0.39, 0.29) is 22.4 Å². The van der Waals surface area contributed by atoms with Crippen LogP contribution in [0.5, 0.6) is 0 Å². The Hall–Kier alpha value is -1.70. The molecule has 34 heavy (non-hydrogen) atoms. The summed E-state index contributed by atoms with van der Waals surface area (Å²) in [7, 11) is 2.13. The lowest BCUT2D eigenvalue weighted by molar-refractivity contribution is -0.119. The number of halogens is 2. The summed E-state index contributed by atoms with van der Waals surface area (Å²) in [4.78, 5) is 41.5. The van der Waals surface area contributed by atoms with Crippen molar-refractivity contribution in [1.82, 2.24) is 9.80 Å². The number of urea groups is 1. The third-order valence-corrected chi connectivity index (χ3v) is 7.93. The Labute approximate surface area is 218 Å². The third-order valence-electron chi connectivity index (χ3n) is 6.41. The molecule has 2 aliphatic heterocycles. The number of amides is 3. The van der Waals surface area contributed by atoms with E-state index in [2.05, 4.69) is 46.4 Å². The van der Waals surface area contributed by atoms with E-state index in [4.69, 9.17) is 4.74 Å². The molecule has 1 saturated heterocycles. The van der Waals surface area contributed by atoms with Gasteiger partial charge >= 0.3 is 12.1 Å². The molecule has 1 aromatic rings. The molecule has 1 aliphatic carbocycles. The Kier molecular flexibility index (Phi) is 8.48. The van der Waals surface area contributed by atoms with Crippen LogP contribution in [0.1, 0.15) is 31.2 Å². The van der Waals surface area contributed by atoms with Crippen molar-refractivity contribution in [2.45, 2.75) is 49.1 Å². The summed E-state index contributed by atoms with van der Waals surface area (Å²) in [5.74, 6) is 0. The molecule has 7 nitrogen and oxygen atoms in total. The smallest absolute Gasteiger partial charge is 0.410 e. The molecule has 3 unspecified atom stereocenters. The van der Waals surface area contributed by atoms with E-state index in [1.807, 2.05) is 41.3 Å². The van der Waals surface area contributed by atoms with Gasteiger partial charge in [0, 0.05) is 42.6 Å². The van der Waals surface area contributed by atoms with Crippen LogP contribution in [0.25, 0.3) is 0 Å². The highest BCUT2D eigenvalue weighted by atomic mass is 79.9. The van der Waals surface area contributed by atoms with Gasteiger partial charge in [-0.2, -0.15) is 0 Å². The summed E-state index contributed by atoms with van der Waals surface area (Å²) < 4.78 is 6.65. The molecule has 0 bridgehead atoms. The van der Waals surface area contributed by atoms with Crippen molar-refractivity contribution in [3.8, 4) is 0 Å². The van der Waals surface area contributed by atoms with Crippen molar-refractivity contribution in [2.75, 3.05) is 25.0 Å². The molecule has 3 aliphatic rings. The van der Waals surface area contributed by atoms with Crippen molar-refractivity contribution in [2.24, 2.45) is 0 Å². The molecule has 1 fully saturated rings. The molecular formula is C24H28Br2N3O4P. The second kappa shape index (κ2) is 11.4. The van der Waals surface area contributed by atoms with Crippen LogP contribution in [0.3, 0.4) is 0 Å². The van der Waals surface area contributed by atoms with Gasteiger partial charge in [0.1, 0.15) is 0 Å². The summed E-state index contributed by atoms with van der Waals surface area (Å²) in [5.41, 5.74) is 2.69. The predicted molar refractivity (Wildman–Crippen MR) is 142 cm³/mol. The van der Waals surface area contributed by atoms with Crippen LogP contribution in [0.15, 0.2) is 46.5 Å². The van der Waals surface area contributed by atoms with Gasteiger partial charge in [0.2, 0.25) is 0 Å². The number of carbonyl (C=O) groups is 3. The van der Waals surface area contributed by atoms with E-state index in [0.29, 0.717) is 38.9 Å². The Morgan fingerprint density at radius 3 is 2.65 bits per heavy atom. The van der Waals surface area contributed by atoms with Crippen LogP contribution < -0.4 is 5.32 Å². The monoisotopic (exact) mass is 611 g/mol. The number of nitrogens with zero attached hydrogens (tertiary/aromatic N) is 2. The van der Waals surface area contributed by atoms with Crippen LogP contribution in [-0.2, 0) is 16.0 Å². The first-order valence-electron chi connectivity index (χ1n) is 11.4. The molecule has 1 aromatic carbocycles. The maximum atomic E-state index is 12.8. The van der Waals surface area contributed by atoms with Gasteiger partial charge in [0.25, 0.3) is 0 Å².